The first-order valence-corrected chi connectivity index (χ1v) is 7.77. The second-order valence-corrected chi connectivity index (χ2v) is 9.49. The molecule has 0 radical (unpaired) electrons. The van der Waals surface area contributed by atoms with E-state index >= 15 is 0 Å². The maximum absolute atomic E-state index is 6.94. The van der Waals surface area contributed by atoms with Gasteiger partial charge in [-0.05, 0) is 0 Å². The summed E-state index contributed by atoms with van der Waals surface area (Å²) in [6.45, 7) is 2.32. The van der Waals surface area contributed by atoms with Gasteiger partial charge in [0.05, 0.1) is 0 Å². The summed E-state index contributed by atoms with van der Waals surface area (Å²) in [6.07, 6.45) is 4.14. The van der Waals surface area contributed by atoms with Gasteiger partial charge in [0.1, 0.15) is 0 Å². The van der Waals surface area contributed by atoms with Crippen LogP contribution in [0.2, 0.25) is 0 Å². The summed E-state index contributed by atoms with van der Waals surface area (Å²) in [4.78, 5) is 0. The summed E-state index contributed by atoms with van der Waals surface area (Å²) in [5, 5.41) is 6.94. The second kappa shape index (κ2) is 3.54. The van der Waals surface area contributed by atoms with E-state index in [1.807, 2.05) is 0 Å². The van der Waals surface area contributed by atoms with Crippen molar-refractivity contribution in [3.05, 3.63) is 0 Å². The minimum absolute atomic E-state index is 0.419. The van der Waals surface area contributed by atoms with Gasteiger partial charge in [0, 0.05) is 0 Å². The number of hydrogen-bond donors (Lipinski definition) is 1. The van der Waals surface area contributed by atoms with Gasteiger partial charge in [0.15, 0.2) is 0 Å². The molecule has 1 aliphatic rings. The van der Waals surface area contributed by atoms with Gasteiger partial charge in [-0.2, -0.15) is 0 Å². The van der Waals surface area contributed by atoms with E-state index in [1.165, 1.54) is 10.8 Å². The van der Waals surface area contributed by atoms with Gasteiger partial charge in [-0.15, -0.1) is 0 Å². The topological polar surface area (TPSA) is 23.9 Å². The first-order valence-electron chi connectivity index (χ1n) is 3.47. The van der Waals surface area contributed by atoms with Crippen molar-refractivity contribution in [1.29, 1.82) is 5.41 Å². The predicted octanol–water partition coefficient (Wildman–Crippen LogP) is 2.32. The number of rotatable bonds is 3. The van der Waals surface area contributed by atoms with Crippen LogP contribution in [0.4, 0.5) is 0 Å². The van der Waals surface area contributed by atoms with Gasteiger partial charge in [0.25, 0.3) is 0 Å². The first-order chi connectivity index (χ1) is 4.38. The van der Waals surface area contributed by atoms with Crippen molar-refractivity contribution in [2.24, 2.45) is 0 Å². The Balaban J connectivity index is 2.18. The van der Waals surface area contributed by atoms with Crippen LogP contribution in [0.25, 0.3) is 0 Å². The first kappa shape index (κ1) is 7.51. The zero-order valence-corrected chi connectivity index (χ0v) is 8.02. The van der Waals surface area contributed by atoms with E-state index in [4.69, 9.17) is 5.41 Å². The molecule has 0 spiro atoms. The predicted molar refractivity (Wildman–Crippen MR) is 51.2 cm³/mol. The van der Waals surface area contributed by atoms with Gasteiger partial charge >= 0.3 is 64.0 Å². The quantitative estimate of drug-likeness (QED) is 0.444. The fraction of sp³-hybridized carbons (Fsp3) is 0.857. The van der Waals surface area contributed by atoms with E-state index in [1.54, 1.807) is 10.6 Å². The Morgan fingerprint density at radius 3 is 2.89 bits per heavy atom. The van der Waals surface area contributed by atoms with Crippen LogP contribution in [0.15, 0.2) is 0 Å². The Labute approximate surface area is 64.1 Å². The third-order valence-electron chi connectivity index (χ3n) is 1.82. The number of halogens is 1. The molecular formula is C7H14IN. The Hall–Kier alpha value is 0.400. The minimum atomic E-state index is -0.419. The second-order valence-electron chi connectivity index (χ2n) is 2.28. The number of nitrogens with one attached hydrogen (secondary N) is 1. The molecule has 1 saturated heterocycles. The molecule has 0 bridgehead atoms. The van der Waals surface area contributed by atoms with Gasteiger partial charge < -0.3 is 0 Å². The van der Waals surface area contributed by atoms with Crippen LogP contribution in [0.5, 0.6) is 0 Å². The van der Waals surface area contributed by atoms with Crippen LogP contribution < -0.4 is 0 Å². The molecule has 1 heterocycles. The van der Waals surface area contributed by atoms with Crippen LogP contribution in [0, 0.1) is 5.41 Å². The number of alkyl halides is 3. The standard InChI is InChI=1S/C7H14IN/c1-2-8-5-3-7(8)4-6-9/h6-7,9H,2-5H2,1H3. The summed E-state index contributed by atoms with van der Waals surface area (Å²) in [5.41, 5.74) is 0. The van der Waals surface area contributed by atoms with Crippen molar-refractivity contribution in [2.75, 3.05) is 8.86 Å². The summed E-state index contributed by atoms with van der Waals surface area (Å²) in [7, 11) is 0. The van der Waals surface area contributed by atoms with Gasteiger partial charge in [-0.3, -0.25) is 0 Å². The average molecular weight is 239 g/mol. The number of hydrogen-bond acceptors (Lipinski definition) is 1. The Morgan fingerprint density at radius 2 is 2.56 bits per heavy atom. The van der Waals surface area contributed by atoms with Gasteiger partial charge in [-0.1, -0.05) is 0 Å². The molecule has 1 aliphatic heterocycles. The van der Waals surface area contributed by atoms with Crippen LogP contribution in [0.1, 0.15) is 19.8 Å². The van der Waals surface area contributed by atoms with E-state index in [-0.39, 0.29) is 0 Å². The zero-order chi connectivity index (χ0) is 6.69. The van der Waals surface area contributed by atoms with E-state index < -0.39 is 19.8 Å². The van der Waals surface area contributed by atoms with E-state index in [0.29, 0.717) is 0 Å². The third kappa shape index (κ3) is 1.66. The molecule has 1 nitrogen and oxygen atoms in total. The molecule has 2 heteroatoms. The van der Waals surface area contributed by atoms with Gasteiger partial charge in [0.2, 0.25) is 0 Å². The Kier molecular flexibility index (Phi) is 2.95. The molecule has 0 aromatic heterocycles. The monoisotopic (exact) mass is 239 g/mol. The van der Waals surface area contributed by atoms with Gasteiger partial charge in [-0.25, -0.2) is 0 Å². The summed E-state index contributed by atoms with van der Waals surface area (Å²) >= 11 is -0.419. The molecule has 54 valence electrons. The summed E-state index contributed by atoms with van der Waals surface area (Å²) < 4.78 is 4.07. The molecule has 0 aromatic carbocycles. The molecule has 0 aromatic rings. The molecule has 1 unspecified atom stereocenters. The van der Waals surface area contributed by atoms with Crippen LogP contribution in [-0.2, 0) is 0 Å². The Morgan fingerprint density at radius 1 is 1.78 bits per heavy atom. The maximum atomic E-state index is 6.94. The Bertz CT molecular complexity index is 101. The van der Waals surface area contributed by atoms with Crippen molar-refractivity contribution < 1.29 is 0 Å². The van der Waals surface area contributed by atoms with E-state index in [0.717, 1.165) is 10.3 Å². The van der Waals surface area contributed by atoms with Crippen molar-refractivity contribution in [1.82, 2.24) is 0 Å². The van der Waals surface area contributed by atoms with Crippen molar-refractivity contribution in [3.8, 4) is 0 Å². The zero-order valence-electron chi connectivity index (χ0n) is 5.86. The molecule has 1 atom stereocenters. The molecule has 9 heavy (non-hydrogen) atoms. The third-order valence-corrected chi connectivity index (χ3v) is 9.41. The van der Waals surface area contributed by atoms with Crippen molar-refractivity contribution in [3.63, 3.8) is 0 Å². The van der Waals surface area contributed by atoms with Crippen LogP contribution in [0.3, 0.4) is 0 Å². The molecule has 0 amide bonds. The molecule has 1 fully saturated rings. The molecule has 1 rings (SSSR count). The van der Waals surface area contributed by atoms with Crippen molar-refractivity contribution in [2.45, 2.75) is 23.7 Å². The molecule has 1 N–H and O–H groups in total. The molecular weight excluding hydrogens is 225 g/mol. The fourth-order valence-corrected chi connectivity index (χ4v) is 6.51. The van der Waals surface area contributed by atoms with Crippen LogP contribution in [-0.4, -0.2) is 19.0 Å². The van der Waals surface area contributed by atoms with Crippen LogP contribution >= 0.6 is 19.8 Å². The summed E-state index contributed by atoms with van der Waals surface area (Å²) in [5.74, 6) is 0. The molecule has 0 aliphatic carbocycles. The van der Waals surface area contributed by atoms with Crippen molar-refractivity contribution >= 4 is 26.0 Å². The average Bonchev–Trinajstić information content (AvgIpc) is 1.82. The summed E-state index contributed by atoms with van der Waals surface area (Å²) in [6, 6.07) is 0. The molecule has 0 saturated carbocycles. The fourth-order valence-electron chi connectivity index (χ4n) is 1.14. The SMILES string of the molecule is CCI1CCC1CC=N. The van der Waals surface area contributed by atoms with E-state index in [2.05, 4.69) is 6.92 Å². The normalized spacial score (nSPS) is 29.4. The van der Waals surface area contributed by atoms with E-state index in [9.17, 15) is 0 Å².